The lowest BCUT2D eigenvalue weighted by atomic mass is 10.0. The Balaban J connectivity index is 3.10. The molecular formula is C20H29IO4. The molecule has 0 aliphatic carbocycles. The first kappa shape index (κ1) is 21.9. The highest BCUT2D eigenvalue weighted by Gasteiger charge is 2.25. The lowest BCUT2D eigenvalue weighted by molar-refractivity contribution is 0.0127. The first-order chi connectivity index (χ1) is 11.7. The second-order valence-corrected chi connectivity index (χ2v) is 8.13. The molecule has 2 unspecified atom stereocenters. The predicted octanol–water partition coefficient (Wildman–Crippen LogP) is 5.47. The highest BCUT2D eigenvalue weighted by atomic mass is 127. The van der Waals surface area contributed by atoms with Crippen LogP contribution >= 0.6 is 22.6 Å². The third-order valence-corrected chi connectivity index (χ3v) is 4.90. The average Bonchev–Trinajstić information content (AvgIpc) is 2.56. The van der Waals surface area contributed by atoms with E-state index in [1.54, 1.807) is 18.2 Å². The van der Waals surface area contributed by atoms with E-state index in [1.165, 1.54) is 0 Å². The normalized spacial score (nSPS) is 13.6. The van der Waals surface area contributed by atoms with Gasteiger partial charge in [0.25, 0.3) is 0 Å². The van der Waals surface area contributed by atoms with E-state index >= 15 is 0 Å². The summed E-state index contributed by atoms with van der Waals surface area (Å²) >= 11 is 2.12. The number of hydrogen-bond acceptors (Lipinski definition) is 4. The van der Waals surface area contributed by atoms with Crippen LogP contribution in [0.1, 0.15) is 75.1 Å². The number of ether oxygens (including phenoxy) is 2. The number of rotatable bonds is 8. The van der Waals surface area contributed by atoms with E-state index in [9.17, 15) is 9.59 Å². The SMILES string of the molecule is CCC(OC(=O)c1ccc(I)cc1C(=O)OC(CC)C(C)C)C(C)C. The summed E-state index contributed by atoms with van der Waals surface area (Å²) in [6, 6.07) is 5.12. The van der Waals surface area contributed by atoms with Gasteiger partial charge in [0.1, 0.15) is 12.2 Å². The maximum atomic E-state index is 12.7. The first-order valence-electron chi connectivity index (χ1n) is 8.92. The molecule has 1 aromatic rings. The van der Waals surface area contributed by atoms with Gasteiger partial charge in [0, 0.05) is 3.57 Å². The molecular weight excluding hydrogens is 431 g/mol. The number of carbonyl (C=O) groups is 2. The number of benzene rings is 1. The maximum Gasteiger partial charge on any atom is 0.339 e. The molecule has 0 radical (unpaired) electrons. The molecule has 0 aliphatic rings. The Bertz CT molecular complexity index is 595. The van der Waals surface area contributed by atoms with Gasteiger partial charge in [0.05, 0.1) is 11.1 Å². The smallest absolute Gasteiger partial charge is 0.339 e. The van der Waals surface area contributed by atoms with E-state index < -0.39 is 11.9 Å². The Hall–Kier alpha value is -1.11. The van der Waals surface area contributed by atoms with Crippen molar-refractivity contribution >= 4 is 34.5 Å². The van der Waals surface area contributed by atoms with Crippen LogP contribution in [-0.2, 0) is 9.47 Å². The molecule has 1 aromatic carbocycles. The van der Waals surface area contributed by atoms with Gasteiger partial charge in [-0.15, -0.1) is 0 Å². The van der Waals surface area contributed by atoms with Crippen LogP contribution in [0, 0.1) is 15.4 Å². The van der Waals surface area contributed by atoms with Crippen molar-refractivity contribution < 1.29 is 19.1 Å². The van der Waals surface area contributed by atoms with Gasteiger partial charge in [0.15, 0.2) is 0 Å². The summed E-state index contributed by atoms with van der Waals surface area (Å²) in [6.07, 6.45) is 1.12. The standard InChI is InChI=1S/C20H29IO4/c1-7-17(12(3)4)24-19(22)15-10-9-14(21)11-16(15)20(23)25-18(8-2)13(5)6/h9-13,17-18H,7-8H2,1-6H3. The zero-order valence-corrected chi connectivity index (χ0v) is 18.1. The second-order valence-electron chi connectivity index (χ2n) is 6.88. The monoisotopic (exact) mass is 460 g/mol. The van der Waals surface area contributed by atoms with Gasteiger partial charge in [-0.25, -0.2) is 9.59 Å². The lowest BCUT2D eigenvalue weighted by Crippen LogP contribution is -2.26. The lowest BCUT2D eigenvalue weighted by Gasteiger charge is -2.22. The summed E-state index contributed by atoms with van der Waals surface area (Å²) < 4.78 is 12.1. The zero-order valence-electron chi connectivity index (χ0n) is 16.0. The molecule has 0 spiro atoms. The fourth-order valence-electron chi connectivity index (χ4n) is 2.65. The van der Waals surface area contributed by atoms with Crippen LogP contribution in [0.4, 0.5) is 0 Å². The molecule has 0 amide bonds. The summed E-state index contributed by atoms with van der Waals surface area (Å²) in [5.41, 5.74) is 0.540. The average molecular weight is 460 g/mol. The van der Waals surface area contributed by atoms with Gasteiger partial charge >= 0.3 is 11.9 Å². The molecule has 0 N–H and O–H groups in total. The Morgan fingerprint density at radius 3 is 1.72 bits per heavy atom. The van der Waals surface area contributed by atoms with Gasteiger partial charge in [-0.1, -0.05) is 41.5 Å². The molecule has 0 fully saturated rings. The fraction of sp³-hybridized carbons (Fsp3) is 0.600. The quantitative estimate of drug-likeness (QED) is 0.381. The van der Waals surface area contributed by atoms with Crippen molar-refractivity contribution in [2.24, 2.45) is 11.8 Å². The molecule has 1 rings (SSSR count). The van der Waals surface area contributed by atoms with Crippen molar-refractivity contribution in [3.8, 4) is 0 Å². The van der Waals surface area contributed by atoms with Crippen molar-refractivity contribution in [1.82, 2.24) is 0 Å². The van der Waals surface area contributed by atoms with Crippen molar-refractivity contribution in [1.29, 1.82) is 0 Å². The highest BCUT2D eigenvalue weighted by Crippen LogP contribution is 2.21. The van der Waals surface area contributed by atoms with E-state index in [-0.39, 0.29) is 35.2 Å². The minimum absolute atomic E-state index is 0.172. The number of halogens is 1. The van der Waals surface area contributed by atoms with Crippen molar-refractivity contribution in [2.75, 3.05) is 0 Å². The van der Waals surface area contributed by atoms with Crippen molar-refractivity contribution in [3.05, 3.63) is 32.9 Å². The van der Waals surface area contributed by atoms with Crippen LogP contribution in [0.15, 0.2) is 18.2 Å². The summed E-state index contributed by atoms with van der Waals surface area (Å²) in [4.78, 5) is 25.3. The third-order valence-electron chi connectivity index (χ3n) is 4.23. The summed E-state index contributed by atoms with van der Waals surface area (Å²) in [6.45, 7) is 12.0. The molecule has 0 heterocycles. The Morgan fingerprint density at radius 2 is 1.32 bits per heavy atom. The van der Waals surface area contributed by atoms with E-state index in [1.807, 2.05) is 41.5 Å². The van der Waals surface area contributed by atoms with E-state index in [2.05, 4.69) is 22.6 Å². The Kier molecular flexibility index (Phi) is 8.89. The predicted molar refractivity (Wildman–Crippen MR) is 108 cm³/mol. The van der Waals surface area contributed by atoms with E-state index in [0.29, 0.717) is 0 Å². The molecule has 5 heteroatoms. The van der Waals surface area contributed by atoms with Crippen molar-refractivity contribution in [2.45, 2.75) is 66.6 Å². The first-order valence-corrected chi connectivity index (χ1v) is 10.0. The fourth-order valence-corrected chi connectivity index (χ4v) is 3.14. The molecule has 0 aromatic heterocycles. The molecule has 0 saturated heterocycles. The minimum atomic E-state index is -0.471. The van der Waals surface area contributed by atoms with Crippen molar-refractivity contribution in [3.63, 3.8) is 0 Å². The van der Waals surface area contributed by atoms with Gasteiger partial charge in [0.2, 0.25) is 0 Å². The van der Waals surface area contributed by atoms with Crippen LogP contribution in [0.2, 0.25) is 0 Å². The van der Waals surface area contributed by atoms with Crippen LogP contribution in [0.25, 0.3) is 0 Å². The van der Waals surface area contributed by atoms with E-state index in [4.69, 9.17) is 9.47 Å². The van der Waals surface area contributed by atoms with Crippen LogP contribution in [0.3, 0.4) is 0 Å². The molecule has 25 heavy (non-hydrogen) atoms. The summed E-state index contributed by atoms with van der Waals surface area (Å²) in [5.74, 6) is -0.499. The minimum Gasteiger partial charge on any atom is -0.459 e. The molecule has 140 valence electrons. The van der Waals surface area contributed by atoms with Gasteiger partial charge in [-0.2, -0.15) is 0 Å². The van der Waals surface area contributed by atoms with E-state index in [0.717, 1.165) is 16.4 Å². The molecule has 0 aliphatic heterocycles. The molecule has 2 atom stereocenters. The topological polar surface area (TPSA) is 52.6 Å². The third kappa shape index (κ3) is 6.28. The number of carbonyl (C=O) groups excluding carboxylic acids is 2. The molecule has 0 bridgehead atoms. The van der Waals surface area contributed by atoms with Gasteiger partial charge in [-0.05, 0) is 65.5 Å². The van der Waals surface area contributed by atoms with Gasteiger partial charge < -0.3 is 9.47 Å². The molecule has 4 nitrogen and oxygen atoms in total. The Labute approximate surface area is 164 Å². The second kappa shape index (κ2) is 10.1. The summed E-state index contributed by atoms with van der Waals surface area (Å²) in [7, 11) is 0. The van der Waals surface area contributed by atoms with Crippen LogP contribution < -0.4 is 0 Å². The highest BCUT2D eigenvalue weighted by molar-refractivity contribution is 14.1. The van der Waals surface area contributed by atoms with Crippen LogP contribution in [-0.4, -0.2) is 24.1 Å². The largest absolute Gasteiger partial charge is 0.459 e. The number of esters is 2. The summed E-state index contributed by atoms with van der Waals surface area (Å²) in [5, 5.41) is 0. The molecule has 0 saturated carbocycles. The van der Waals surface area contributed by atoms with Crippen LogP contribution in [0.5, 0.6) is 0 Å². The maximum absolute atomic E-state index is 12.7. The zero-order chi connectivity index (χ0) is 19.1. The number of hydrogen-bond donors (Lipinski definition) is 0. The Morgan fingerprint density at radius 1 is 0.880 bits per heavy atom. The van der Waals surface area contributed by atoms with Gasteiger partial charge in [-0.3, -0.25) is 0 Å².